The van der Waals surface area contributed by atoms with Crippen LogP contribution in [-0.2, 0) is 15.0 Å². The van der Waals surface area contributed by atoms with Crippen LogP contribution in [0.4, 0.5) is 5.69 Å². The summed E-state index contributed by atoms with van der Waals surface area (Å²) < 4.78 is 5.60. The van der Waals surface area contributed by atoms with Gasteiger partial charge in [0.15, 0.2) is 5.82 Å². The smallest absolute Gasteiger partial charge is 0.328 e. The maximum Gasteiger partial charge on any atom is 0.328 e. The van der Waals surface area contributed by atoms with Gasteiger partial charge < -0.3 is 14.5 Å². The van der Waals surface area contributed by atoms with Gasteiger partial charge >= 0.3 is 5.97 Å². The molecule has 1 amide bonds. The van der Waals surface area contributed by atoms with Crippen LogP contribution in [0.15, 0.2) is 34.9 Å². The first kappa shape index (κ1) is 23.8. The minimum absolute atomic E-state index is 0.0111. The highest BCUT2D eigenvalue weighted by atomic mass is 16.5. The number of hydrogen-bond donors (Lipinski definition) is 1. The van der Waals surface area contributed by atoms with Crippen molar-refractivity contribution in [1.29, 1.82) is 0 Å². The summed E-state index contributed by atoms with van der Waals surface area (Å²) >= 11 is 0. The van der Waals surface area contributed by atoms with Gasteiger partial charge in [0.1, 0.15) is 0 Å². The van der Waals surface area contributed by atoms with Gasteiger partial charge in [0, 0.05) is 29.6 Å². The van der Waals surface area contributed by atoms with Crippen molar-refractivity contribution >= 4 is 23.6 Å². The van der Waals surface area contributed by atoms with Gasteiger partial charge in [-0.25, -0.2) is 4.79 Å². The van der Waals surface area contributed by atoms with E-state index in [0.29, 0.717) is 12.4 Å². The van der Waals surface area contributed by atoms with Gasteiger partial charge in [-0.3, -0.25) is 4.79 Å². The first-order valence-corrected chi connectivity index (χ1v) is 13.0. The normalized spacial score (nSPS) is 26.8. The number of fused-ring (bicyclic) bond motifs is 3. The zero-order valence-electron chi connectivity index (χ0n) is 20.5. The summed E-state index contributed by atoms with van der Waals surface area (Å²) in [5.74, 6) is 0.808. The van der Waals surface area contributed by atoms with Gasteiger partial charge in [0.05, 0.1) is 0 Å². The second kappa shape index (κ2) is 9.59. The molecule has 2 bridgehead atoms. The largest absolute Gasteiger partial charge is 0.478 e. The van der Waals surface area contributed by atoms with Crippen LogP contribution in [0.1, 0.15) is 87.9 Å². The number of amides is 1. The Labute approximate surface area is 206 Å². The number of carbonyl (C=O) groups excluding carboxylic acids is 1. The average molecular weight is 478 g/mol. The Morgan fingerprint density at radius 2 is 1.83 bits per heavy atom. The predicted molar refractivity (Wildman–Crippen MR) is 133 cm³/mol. The van der Waals surface area contributed by atoms with Crippen molar-refractivity contribution in [2.45, 2.75) is 83.0 Å². The molecule has 1 aromatic carbocycles. The van der Waals surface area contributed by atoms with Crippen LogP contribution in [0.5, 0.6) is 0 Å². The minimum atomic E-state index is -0.978. The third-order valence-corrected chi connectivity index (χ3v) is 8.70. The number of rotatable bonds is 7. The summed E-state index contributed by atoms with van der Waals surface area (Å²) in [4.78, 5) is 31.5. The number of benzene rings is 1. The van der Waals surface area contributed by atoms with E-state index in [2.05, 4.69) is 10.1 Å². The molecule has 6 rings (SSSR count). The molecule has 4 aliphatic rings. The highest BCUT2D eigenvalue weighted by molar-refractivity contribution is 5.95. The van der Waals surface area contributed by atoms with E-state index < -0.39 is 5.97 Å². The summed E-state index contributed by atoms with van der Waals surface area (Å²) in [6.07, 6.45) is 14.3. The Bertz CT molecular complexity index is 1090. The van der Waals surface area contributed by atoms with Crippen LogP contribution in [0.25, 0.3) is 6.08 Å². The number of carboxylic acid groups (broad SMARTS) is 1. The average Bonchev–Trinajstić information content (AvgIpc) is 3.34. The number of hydrogen-bond acceptors (Lipinski definition) is 5. The Morgan fingerprint density at radius 3 is 2.46 bits per heavy atom. The number of anilines is 1. The van der Waals surface area contributed by atoms with Crippen LogP contribution < -0.4 is 4.90 Å². The Kier molecular flexibility index (Phi) is 6.51. The van der Waals surface area contributed by atoms with Crippen LogP contribution in [0.3, 0.4) is 0 Å². The third-order valence-electron chi connectivity index (χ3n) is 8.70. The molecule has 7 heteroatoms. The Morgan fingerprint density at radius 1 is 1.11 bits per heavy atom. The van der Waals surface area contributed by atoms with E-state index in [1.165, 1.54) is 6.42 Å². The number of aryl methyl sites for hydroxylation is 1. The lowest BCUT2D eigenvalue weighted by Gasteiger charge is -2.53. The van der Waals surface area contributed by atoms with E-state index in [4.69, 9.17) is 9.63 Å². The first-order chi connectivity index (χ1) is 16.9. The molecule has 186 valence electrons. The Balaban J connectivity index is 1.40. The predicted octanol–water partition coefficient (Wildman–Crippen LogP) is 5.68. The molecule has 35 heavy (non-hydrogen) atoms. The molecular weight excluding hydrogens is 442 g/mol. The van der Waals surface area contributed by atoms with E-state index in [9.17, 15) is 9.59 Å². The van der Waals surface area contributed by atoms with E-state index in [0.717, 1.165) is 87.4 Å². The fourth-order valence-corrected chi connectivity index (χ4v) is 6.50. The van der Waals surface area contributed by atoms with Crippen molar-refractivity contribution in [3.05, 3.63) is 47.6 Å². The van der Waals surface area contributed by atoms with Crippen LogP contribution in [0, 0.1) is 18.3 Å². The van der Waals surface area contributed by atoms with Gasteiger partial charge in [-0.15, -0.1) is 0 Å². The molecule has 4 aliphatic carbocycles. The summed E-state index contributed by atoms with van der Waals surface area (Å²) in [6, 6.07) is 7.74. The molecule has 0 atom stereocenters. The zero-order valence-corrected chi connectivity index (χ0v) is 20.5. The lowest BCUT2D eigenvalue weighted by atomic mass is 9.53. The molecular formula is C28H35N3O4. The molecule has 4 fully saturated rings. The van der Waals surface area contributed by atoms with Crippen molar-refractivity contribution < 1.29 is 19.2 Å². The summed E-state index contributed by atoms with van der Waals surface area (Å²) in [5, 5.41) is 13.1. The molecule has 0 unspecified atom stereocenters. The van der Waals surface area contributed by atoms with Crippen LogP contribution >= 0.6 is 0 Å². The molecule has 1 aromatic heterocycles. The molecule has 0 spiro atoms. The maximum absolute atomic E-state index is 13.9. The van der Waals surface area contributed by atoms with Crippen LogP contribution in [0.2, 0.25) is 0 Å². The van der Waals surface area contributed by atoms with Crippen molar-refractivity contribution in [3.63, 3.8) is 0 Å². The molecule has 0 aliphatic heterocycles. The molecule has 1 heterocycles. The quantitative estimate of drug-likeness (QED) is 0.515. The van der Waals surface area contributed by atoms with Gasteiger partial charge in [-0.05, 0) is 87.5 Å². The van der Waals surface area contributed by atoms with Crippen molar-refractivity contribution in [1.82, 2.24) is 10.1 Å². The highest BCUT2D eigenvalue weighted by Crippen LogP contribution is 2.58. The molecule has 0 radical (unpaired) electrons. The monoisotopic (exact) mass is 477 g/mol. The maximum atomic E-state index is 13.9. The number of carbonyl (C=O) groups is 2. The molecule has 7 nitrogen and oxygen atoms in total. The highest BCUT2D eigenvalue weighted by Gasteiger charge is 2.53. The van der Waals surface area contributed by atoms with Gasteiger partial charge in [-0.1, -0.05) is 36.6 Å². The fourth-order valence-electron chi connectivity index (χ4n) is 6.50. The van der Waals surface area contributed by atoms with Gasteiger partial charge in [0.2, 0.25) is 11.8 Å². The topological polar surface area (TPSA) is 96.5 Å². The number of aromatic nitrogens is 2. The van der Waals surface area contributed by atoms with Crippen LogP contribution in [-0.4, -0.2) is 33.7 Å². The summed E-state index contributed by atoms with van der Waals surface area (Å²) in [7, 11) is 0. The molecule has 2 aromatic rings. The minimum Gasteiger partial charge on any atom is -0.478 e. The van der Waals surface area contributed by atoms with Crippen molar-refractivity contribution in [3.8, 4) is 0 Å². The lowest BCUT2D eigenvalue weighted by molar-refractivity contribution is -0.131. The number of carboxylic acids is 1. The SMILES string of the molecule is Cc1noc(C23CCC(CN(C(=O)C4CCCCC4)c4cccc(/C=C/C(=O)O)c4)(CC2)CC3)n1. The lowest BCUT2D eigenvalue weighted by Crippen LogP contribution is -2.51. The van der Waals surface area contributed by atoms with E-state index in [1.807, 2.05) is 36.1 Å². The second-order valence-electron chi connectivity index (χ2n) is 11.0. The number of aliphatic carboxylic acids is 1. The number of nitrogens with zero attached hydrogens (tertiary/aromatic N) is 3. The zero-order chi connectivity index (χ0) is 24.5. The fraction of sp³-hybridized carbons (Fsp3) is 0.571. The standard InChI is InChI=1S/C28H35N3O4/c1-20-29-26(35-30-20)28-15-12-27(13-16-28,14-17-28)19-31(25(34)22-7-3-2-4-8-22)23-9-5-6-21(18-23)10-11-24(32)33/h5-6,9-11,18,22H,2-4,7-8,12-17,19H2,1H3,(H,32,33)/b11-10+. The summed E-state index contributed by atoms with van der Waals surface area (Å²) in [6.45, 7) is 2.58. The first-order valence-electron chi connectivity index (χ1n) is 13.0. The van der Waals surface area contributed by atoms with E-state index in [1.54, 1.807) is 6.08 Å². The van der Waals surface area contributed by atoms with Crippen molar-refractivity contribution in [2.24, 2.45) is 11.3 Å². The second-order valence-corrected chi connectivity index (χ2v) is 11.0. The Hall–Kier alpha value is -2.96. The van der Waals surface area contributed by atoms with Gasteiger partial charge in [-0.2, -0.15) is 4.98 Å². The molecule has 0 saturated heterocycles. The molecule has 4 saturated carbocycles. The van der Waals surface area contributed by atoms with Crippen molar-refractivity contribution in [2.75, 3.05) is 11.4 Å². The third kappa shape index (κ3) is 4.91. The molecule has 1 N–H and O–H groups in total. The van der Waals surface area contributed by atoms with Gasteiger partial charge in [0.25, 0.3) is 0 Å². The van der Waals surface area contributed by atoms with E-state index >= 15 is 0 Å². The summed E-state index contributed by atoms with van der Waals surface area (Å²) in [5.41, 5.74) is 1.75. The van der Waals surface area contributed by atoms with E-state index in [-0.39, 0.29) is 22.7 Å².